The molecule has 1 aliphatic rings. The van der Waals surface area contributed by atoms with Gasteiger partial charge in [0.2, 0.25) is 0 Å². The number of rotatable bonds is 2. The minimum Gasteiger partial charge on any atom is -0.393 e. The average Bonchev–Trinajstić information content (AvgIpc) is 2.63. The number of aromatic nitrogens is 2. The van der Waals surface area contributed by atoms with Crippen molar-refractivity contribution in [1.29, 1.82) is 0 Å². The van der Waals surface area contributed by atoms with Crippen LogP contribution in [0.1, 0.15) is 41.5 Å². The van der Waals surface area contributed by atoms with E-state index < -0.39 is 0 Å². The SMILES string of the molecule is CCC1CN(C(=O)c2c(C)nn(C)c2C)CCC1O. The van der Waals surface area contributed by atoms with Gasteiger partial charge >= 0.3 is 0 Å². The van der Waals surface area contributed by atoms with Crippen molar-refractivity contribution in [1.82, 2.24) is 14.7 Å². The van der Waals surface area contributed by atoms with E-state index >= 15 is 0 Å². The molecular weight excluding hydrogens is 242 g/mol. The van der Waals surface area contributed by atoms with Crippen LogP contribution in [0, 0.1) is 19.8 Å². The van der Waals surface area contributed by atoms with E-state index in [4.69, 9.17) is 0 Å². The zero-order valence-corrected chi connectivity index (χ0v) is 12.2. The zero-order valence-electron chi connectivity index (χ0n) is 12.2. The van der Waals surface area contributed by atoms with Crippen molar-refractivity contribution in [3.63, 3.8) is 0 Å². The van der Waals surface area contributed by atoms with Crippen molar-refractivity contribution in [3.05, 3.63) is 17.0 Å². The molecule has 2 atom stereocenters. The fraction of sp³-hybridized carbons (Fsp3) is 0.714. The van der Waals surface area contributed by atoms with E-state index in [-0.39, 0.29) is 17.9 Å². The molecule has 0 saturated carbocycles. The molecule has 0 aliphatic carbocycles. The lowest BCUT2D eigenvalue weighted by molar-refractivity contribution is 0.0228. The molecule has 1 aliphatic heterocycles. The molecule has 2 unspecified atom stereocenters. The average molecular weight is 265 g/mol. The molecule has 5 nitrogen and oxygen atoms in total. The number of aliphatic hydroxyl groups is 1. The fourth-order valence-corrected chi connectivity index (χ4v) is 2.85. The standard InChI is InChI=1S/C14H23N3O2/c1-5-11-8-17(7-6-12(11)18)14(19)13-9(2)15-16(4)10(13)3/h11-12,18H,5-8H2,1-4H3. The summed E-state index contributed by atoms with van der Waals surface area (Å²) in [7, 11) is 1.86. The molecule has 0 radical (unpaired) electrons. The normalized spacial score (nSPS) is 23.7. The molecule has 1 fully saturated rings. The number of likely N-dealkylation sites (tertiary alicyclic amines) is 1. The van der Waals surface area contributed by atoms with Crippen LogP contribution in [-0.4, -0.2) is 44.9 Å². The number of aliphatic hydroxyl groups excluding tert-OH is 1. The third-order valence-electron chi connectivity index (χ3n) is 4.23. The summed E-state index contributed by atoms with van der Waals surface area (Å²) < 4.78 is 1.75. The first-order valence-corrected chi connectivity index (χ1v) is 6.93. The van der Waals surface area contributed by atoms with Crippen LogP contribution in [0.3, 0.4) is 0 Å². The minimum absolute atomic E-state index is 0.0495. The van der Waals surface area contributed by atoms with E-state index in [2.05, 4.69) is 12.0 Å². The molecule has 19 heavy (non-hydrogen) atoms. The molecule has 2 heterocycles. The summed E-state index contributed by atoms with van der Waals surface area (Å²) in [6.45, 7) is 7.12. The monoisotopic (exact) mass is 265 g/mol. The highest BCUT2D eigenvalue weighted by Gasteiger charge is 2.31. The maximum absolute atomic E-state index is 12.6. The number of piperidine rings is 1. The molecule has 0 spiro atoms. The van der Waals surface area contributed by atoms with Crippen molar-refractivity contribution in [2.24, 2.45) is 13.0 Å². The molecule has 2 rings (SSSR count). The lowest BCUT2D eigenvalue weighted by Gasteiger charge is -2.35. The Morgan fingerprint density at radius 3 is 2.68 bits per heavy atom. The third kappa shape index (κ3) is 2.52. The first kappa shape index (κ1) is 14.1. The summed E-state index contributed by atoms with van der Waals surface area (Å²) in [5, 5.41) is 14.2. The van der Waals surface area contributed by atoms with Crippen LogP contribution in [0.15, 0.2) is 0 Å². The molecule has 106 valence electrons. The largest absolute Gasteiger partial charge is 0.393 e. The van der Waals surface area contributed by atoms with Crippen LogP contribution in [0.25, 0.3) is 0 Å². The van der Waals surface area contributed by atoms with Gasteiger partial charge in [0.15, 0.2) is 0 Å². The Kier molecular flexibility index (Phi) is 3.94. The van der Waals surface area contributed by atoms with Gasteiger partial charge in [0.25, 0.3) is 5.91 Å². The summed E-state index contributed by atoms with van der Waals surface area (Å²) in [6.07, 6.45) is 1.29. The summed E-state index contributed by atoms with van der Waals surface area (Å²) >= 11 is 0. The number of hydrogen-bond acceptors (Lipinski definition) is 3. The maximum atomic E-state index is 12.6. The second kappa shape index (κ2) is 5.33. The van der Waals surface area contributed by atoms with Crippen molar-refractivity contribution in [3.8, 4) is 0 Å². The van der Waals surface area contributed by atoms with Gasteiger partial charge in [0, 0.05) is 31.7 Å². The van der Waals surface area contributed by atoms with Crippen LogP contribution in [0.4, 0.5) is 0 Å². The van der Waals surface area contributed by atoms with E-state index in [0.717, 1.165) is 17.8 Å². The van der Waals surface area contributed by atoms with Crippen molar-refractivity contribution in [2.45, 2.75) is 39.7 Å². The first-order chi connectivity index (χ1) is 8.95. The Balaban J connectivity index is 2.20. The summed E-state index contributed by atoms with van der Waals surface area (Å²) in [5.74, 6) is 0.239. The van der Waals surface area contributed by atoms with Crippen LogP contribution in [0.5, 0.6) is 0 Å². The van der Waals surface area contributed by atoms with Gasteiger partial charge in [-0.15, -0.1) is 0 Å². The molecule has 1 N–H and O–H groups in total. The van der Waals surface area contributed by atoms with Crippen LogP contribution >= 0.6 is 0 Å². The molecule has 1 amide bonds. The molecule has 0 bridgehead atoms. The van der Waals surface area contributed by atoms with E-state index in [0.29, 0.717) is 25.1 Å². The Labute approximate surface area is 114 Å². The molecule has 5 heteroatoms. The highest BCUT2D eigenvalue weighted by Crippen LogP contribution is 2.23. The van der Waals surface area contributed by atoms with Gasteiger partial charge in [-0.3, -0.25) is 9.48 Å². The third-order valence-corrected chi connectivity index (χ3v) is 4.23. The highest BCUT2D eigenvalue weighted by atomic mass is 16.3. The quantitative estimate of drug-likeness (QED) is 0.876. The lowest BCUT2D eigenvalue weighted by Crippen LogP contribution is -2.46. The van der Waals surface area contributed by atoms with E-state index in [1.54, 1.807) is 4.68 Å². The highest BCUT2D eigenvalue weighted by molar-refractivity contribution is 5.96. The summed E-state index contributed by atoms with van der Waals surface area (Å²) in [6, 6.07) is 0. The predicted molar refractivity (Wildman–Crippen MR) is 73.0 cm³/mol. The lowest BCUT2D eigenvalue weighted by atomic mass is 9.92. The number of amides is 1. The molecular formula is C14H23N3O2. The van der Waals surface area contributed by atoms with Crippen LogP contribution < -0.4 is 0 Å². The van der Waals surface area contributed by atoms with Gasteiger partial charge in [-0.2, -0.15) is 5.10 Å². The Morgan fingerprint density at radius 2 is 2.16 bits per heavy atom. The minimum atomic E-state index is -0.273. The Bertz CT molecular complexity index is 481. The number of aryl methyl sites for hydroxylation is 2. The Morgan fingerprint density at radius 1 is 1.47 bits per heavy atom. The van der Waals surface area contributed by atoms with Crippen LogP contribution in [0.2, 0.25) is 0 Å². The smallest absolute Gasteiger partial charge is 0.257 e. The van der Waals surface area contributed by atoms with E-state index in [1.165, 1.54) is 0 Å². The molecule has 1 aromatic rings. The van der Waals surface area contributed by atoms with Gasteiger partial charge < -0.3 is 10.0 Å². The second-order valence-corrected chi connectivity index (χ2v) is 5.44. The van der Waals surface area contributed by atoms with Crippen molar-refractivity contribution < 1.29 is 9.90 Å². The molecule has 1 saturated heterocycles. The number of nitrogens with zero attached hydrogens (tertiary/aromatic N) is 3. The van der Waals surface area contributed by atoms with E-state index in [9.17, 15) is 9.90 Å². The van der Waals surface area contributed by atoms with Crippen LogP contribution in [-0.2, 0) is 7.05 Å². The number of carbonyl (C=O) groups excluding carboxylic acids is 1. The van der Waals surface area contributed by atoms with Gasteiger partial charge in [-0.1, -0.05) is 6.92 Å². The van der Waals surface area contributed by atoms with Gasteiger partial charge in [-0.05, 0) is 26.7 Å². The predicted octanol–water partition coefficient (Wildman–Crippen LogP) is 1.27. The maximum Gasteiger partial charge on any atom is 0.257 e. The first-order valence-electron chi connectivity index (χ1n) is 6.93. The molecule has 0 aromatic carbocycles. The summed E-state index contributed by atoms with van der Waals surface area (Å²) in [5.41, 5.74) is 2.40. The van der Waals surface area contributed by atoms with Crippen molar-refractivity contribution in [2.75, 3.05) is 13.1 Å². The topological polar surface area (TPSA) is 58.4 Å². The second-order valence-electron chi connectivity index (χ2n) is 5.44. The zero-order chi connectivity index (χ0) is 14.2. The van der Waals surface area contributed by atoms with Gasteiger partial charge in [0.05, 0.1) is 17.4 Å². The Hall–Kier alpha value is -1.36. The number of carbonyl (C=O) groups is 1. The van der Waals surface area contributed by atoms with Crippen molar-refractivity contribution >= 4 is 5.91 Å². The molecule has 1 aromatic heterocycles. The van der Waals surface area contributed by atoms with Gasteiger partial charge in [0.1, 0.15) is 0 Å². The summed E-state index contributed by atoms with van der Waals surface area (Å²) in [4.78, 5) is 14.5. The fourth-order valence-electron chi connectivity index (χ4n) is 2.85. The van der Waals surface area contributed by atoms with E-state index in [1.807, 2.05) is 25.8 Å². The van der Waals surface area contributed by atoms with Gasteiger partial charge in [-0.25, -0.2) is 0 Å². The number of hydrogen-bond donors (Lipinski definition) is 1.